The van der Waals surface area contributed by atoms with Gasteiger partial charge in [-0.2, -0.15) is 0 Å². The van der Waals surface area contributed by atoms with Crippen LogP contribution < -0.4 is 5.56 Å². The fraction of sp³-hybridized carbons (Fsp3) is 0.176. The molecule has 1 aromatic carbocycles. The Kier molecular flexibility index (Phi) is 4.06. The van der Waals surface area contributed by atoms with Crippen LogP contribution in [0.1, 0.15) is 34.3 Å². The number of carbonyl (C=O) groups excluding carboxylic acids is 1. The van der Waals surface area contributed by atoms with Crippen LogP contribution in [-0.2, 0) is 6.42 Å². The Hall–Kier alpha value is -2.40. The lowest BCUT2D eigenvalue weighted by Crippen LogP contribution is -2.20. The Bertz CT molecular complexity index is 829. The molecule has 2 aromatic heterocycles. The van der Waals surface area contributed by atoms with E-state index in [9.17, 15) is 9.59 Å². The Morgan fingerprint density at radius 3 is 2.59 bits per heavy atom. The van der Waals surface area contributed by atoms with Crippen LogP contribution in [-0.4, -0.2) is 15.6 Å². The number of nitrogens with zero attached hydrogens (tertiary/aromatic N) is 1. The normalized spacial score (nSPS) is 10.8. The molecule has 5 heteroatoms. The Morgan fingerprint density at radius 1 is 1.18 bits per heavy atom. The highest BCUT2D eigenvalue weighted by molar-refractivity contribution is 7.12. The number of benzene rings is 1. The summed E-state index contributed by atoms with van der Waals surface area (Å²) in [6.45, 7) is 2.03. The summed E-state index contributed by atoms with van der Waals surface area (Å²) in [7, 11) is 0. The van der Waals surface area contributed by atoms with Gasteiger partial charge in [0.2, 0.25) is 5.78 Å². The molecule has 0 saturated carbocycles. The fourth-order valence-electron chi connectivity index (χ4n) is 2.44. The Labute approximate surface area is 132 Å². The Morgan fingerprint density at radius 2 is 1.95 bits per heavy atom. The van der Waals surface area contributed by atoms with E-state index in [1.165, 1.54) is 16.0 Å². The van der Waals surface area contributed by atoms with Crippen molar-refractivity contribution in [2.75, 3.05) is 0 Å². The predicted molar refractivity (Wildman–Crippen MR) is 88.1 cm³/mol. The van der Waals surface area contributed by atoms with E-state index in [-0.39, 0.29) is 16.9 Å². The monoisotopic (exact) mass is 312 g/mol. The van der Waals surface area contributed by atoms with Crippen molar-refractivity contribution in [1.29, 1.82) is 0 Å². The minimum atomic E-state index is -0.284. The first-order chi connectivity index (χ1) is 10.7. The van der Waals surface area contributed by atoms with Gasteiger partial charge in [0.05, 0.1) is 10.6 Å². The minimum Gasteiger partial charge on any atom is -0.294 e. The lowest BCUT2D eigenvalue weighted by Gasteiger charge is -2.00. The van der Waals surface area contributed by atoms with Gasteiger partial charge in [-0.1, -0.05) is 37.6 Å². The van der Waals surface area contributed by atoms with Crippen LogP contribution in [0.3, 0.4) is 0 Å². The van der Waals surface area contributed by atoms with E-state index in [1.807, 2.05) is 48.7 Å². The topological polar surface area (TPSA) is 54.9 Å². The van der Waals surface area contributed by atoms with Gasteiger partial charge >= 0.3 is 0 Å². The van der Waals surface area contributed by atoms with E-state index >= 15 is 0 Å². The number of hydrogen-bond acceptors (Lipinski definition) is 3. The van der Waals surface area contributed by atoms with Crippen LogP contribution in [0, 0.1) is 0 Å². The molecule has 0 unspecified atom stereocenters. The van der Waals surface area contributed by atoms with Gasteiger partial charge in [0.15, 0.2) is 0 Å². The van der Waals surface area contributed by atoms with Gasteiger partial charge in [0.25, 0.3) is 5.56 Å². The molecule has 2 heterocycles. The number of rotatable bonds is 5. The van der Waals surface area contributed by atoms with Crippen LogP contribution in [0.5, 0.6) is 0 Å². The molecule has 0 saturated heterocycles. The zero-order valence-corrected chi connectivity index (χ0v) is 13.0. The summed E-state index contributed by atoms with van der Waals surface area (Å²) in [6, 6.07) is 12.9. The molecule has 4 nitrogen and oxygen atoms in total. The van der Waals surface area contributed by atoms with E-state index in [0.29, 0.717) is 17.0 Å². The van der Waals surface area contributed by atoms with E-state index < -0.39 is 0 Å². The summed E-state index contributed by atoms with van der Waals surface area (Å²) >= 11 is 1.35. The summed E-state index contributed by atoms with van der Waals surface area (Å²) < 4.78 is 1.45. The van der Waals surface area contributed by atoms with Gasteiger partial charge in [-0.25, -0.2) is 4.68 Å². The summed E-state index contributed by atoms with van der Waals surface area (Å²) in [6.07, 6.45) is 1.53. The molecule has 0 spiro atoms. The molecule has 0 amide bonds. The van der Waals surface area contributed by atoms with Crippen LogP contribution in [0.15, 0.2) is 52.6 Å². The quantitative estimate of drug-likeness (QED) is 0.734. The molecule has 22 heavy (non-hydrogen) atoms. The number of ketones is 1. The lowest BCUT2D eigenvalue weighted by molar-refractivity contribution is 0.104. The molecule has 3 rings (SSSR count). The number of carbonyl (C=O) groups is 1. The van der Waals surface area contributed by atoms with Gasteiger partial charge in [0, 0.05) is 5.69 Å². The van der Waals surface area contributed by atoms with Crippen molar-refractivity contribution in [2.45, 2.75) is 19.8 Å². The first kappa shape index (κ1) is 14.5. The Balaban J connectivity index is 2.15. The lowest BCUT2D eigenvalue weighted by atomic mass is 10.1. The highest BCUT2D eigenvalue weighted by Gasteiger charge is 2.23. The van der Waals surface area contributed by atoms with Gasteiger partial charge in [0.1, 0.15) is 5.56 Å². The second-order valence-electron chi connectivity index (χ2n) is 5.00. The number of para-hydroxylation sites is 1. The number of aromatic nitrogens is 2. The summed E-state index contributed by atoms with van der Waals surface area (Å²) in [5.41, 5.74) is 1.41. The molecule has 0 bridgehead atoms. The van der Waals surface area contributed by atoms with E-state index in [1.54, 1.807) is 6.07 Å². The molecule has 0 fully saturated rings. The van der Waals surface area contributed by atoms with Crippen molar-refractivity contribution in [2.24, 2.45) is 0 Å². The molecule has 3 aromatic rings. The number of hydrogen-bond donors (Lipinski definition) is 1. The van der Waals surface area contributed by atoms with Gasteiger partial charge in [-0.05, 0) is 30.0 Å². The number of nitrogens with one attached hydrogen (secondary N) is 1. The van der Waals surface area contributed by atoms with Crippen LogP contribution in [0.25, 0.3) is 5.69 Å². The molecular weight excluding hydrogens is 296 g/mol. The third-order valence-corrected chi connectivity index (χ3v) is 4.32. The molecule has 0 aliphatic heterocycles. The molecule has 0 aliphatic carbocycles. The predicted octanol–water partition coefficient (Wildman–Crippen LogP) is 3.41. The highest BCUT2D eigenvalue weighted by Crippen LogP contribution is 2.17. The molecule has 1 N–H and O–H groups in total. The minimum absolute atomic E-state index is 0.200. The zero-order chi connectivity index (χ0) is 15.5. The third-order valence-electron chi connectivity index (χ3n) is 3.45. The van der Waals surface area contributed by atoms with Gasteiger partial charge in [-0.15, -0.1) is 11.3 Å². The first-order valence-electron chi connectivity index (χ1n) is 7.20. The second kappa shape index (κ2) is 6.15. The van der Waals surface area contributed by atoms with Crippen LogP contribution >= 0.6 is 11.3 Å². The van der Waals surface area contributed by atoms with Crippen molar-refractivity contribution in [3.8, 4) is 5.69 Å². The van der Waals surface area contributed by atoms with Crippen molar-refractivity contribution < 1.29 is 4.79 Å². The van der Waals surface area contributed by atoms with E-state index in [4.69, 9.17) is 0 Å². The molecule has 112 valence electrons. The van der Waals surface area contributed by atoms with Gasteiger partial charge < -0.3 is 0 Å². The number of aromatic amines is 1. The van der Waals surface area contributed by atoms with Crippen molar-refractivity contribution in [1.82, 2.24) is 9.78 Å². The van der Waals surface area contributed by atoms with Crippen molar-refractivity contribution >= 4 is 17.1 Å². The third kappa shape index (κ3) is 2.55. The standard InChI is InChI=1S/C17H16N2O2S/c1-2-7-13-15(16(20)14-10-6-11-22-14)17(21)19(18-13)12-8-4-3-5-9-12/h3-6,8-11,18H,2,7H2,1H3. The molecule has 0 atom stereocenters. The van der Waals surface area contributed by atoms with Gasteiger partial charge in [-0.3, -0.25) is 14.7 Å². The maximum Gasteiger partial charge on any atom is 0.282 e. The maximum atomic E-state index is 12.7. The first-order valence-corrected chi connectivity index (χ1v) is 8.08. The zero-order valence-electron chi connectivity index (χ0n) is 12.2. The molecular formula is C17H16N2O2S. The molecule has 0 aliphatic rings. The van der Waals surface area contributed by atoms with Crippen molar-refractivity contribution in [3.05, 3.63) is 74.3 Å². The molecule has 0 radical (unpaired) electrons. The number of thiophene rings is 1. The maximum absolute atomic E-state index is 12.7. The summed E-state index contributed by atoms with van der Waals surface area (Å²) in [4.78, 5) is 26.0. The fourth-order valence-corrected chi connectivity index (χ4v) is 3.11. The van der Waals surface area contributed by atoms with E-state index in [0.717, 1.165) is 12.1 Å². The number of H-pyrrole nitrogens is 1. The van der Waals surface area contributed by atoms with Crippen LogP contribution in [0.2, 0.25) is 0 Å². The summed E-state index contributed by atoms with van der Waals surface area (Å²) in [5, 5.41) is 4.94. The van der Waals surface area contributed by atoms with Crippen molar-refractivity contribution in [3.63, 3.8) is 0 Å². The number of aryl methyl sites for hydroxylation is 1. The largest absolute Gasteiger partial charge is 0.294 e. The summed E-state index contributed by atoms with van der Waals surface area (Å²) in [5.74, 6) is -0.200. The highest BCUT2D eigenvalue weighted by atomic mass is 32.1. The average molecular weight is 312 g/mol. The van der Waals surface area contributed by atoms with Crippen LogP contribution in [0.4, 0.5) is 0 Å². The SMILES string of the molecule is CCCc1[nH]n(-c2ccccc2)c(=O)c1C(=O)c1cccs1. The smallest absolute Gasteiger partial charge is 0.282 e. The second-order valence-corrected chi connectivity index (χ2v) is 5.95. The average Bonchev–Trinajstić information content (AvgIpc) is 3.17. The van der Waals surface area contributed by atoms with E-state index in [2.05, 4.69) is 5.10 Å².